The lowest BCUT2D eigenvalue weighted by Gasteiger charge is -2.21. The van der Waals surface area contributed by atoms with E-state index in [9.17, 15) is 4.79 Å². The molecule has 2 N–H and O–H groups in total. The third-order valence-corrected chi connectivity index (χ3v) is 2.66. The van der Waals surface area contributed by atoms with Gasteiger partial charge in [-0.15, -0.1) is 5.10 Å². The van der Waals surface area contributed by atoms with Crippen molar-refractivity contribution in [3.63, 3.8) is 0 Å². The van der Waals surface area contributed by atoms with E-state index in [1.54, 1.807) is 4.90 Å². The fourth-order valence-electron chi connectivity index (χ4n) is 1.74. The molecule has 19 heavy (non-hydrogen) atoms. The molecule has 1 heterocycles. The summed E-state index contributed by atoms with van der Waals surface area (Å²) in [6.07, 6.45) is 1.42. The highest BCUT2D eigenvalue weighted by atomic mass is 16.2. The molecule has 0 aliphatic carbocycles. The quantitative estimate of drug-likeness (QED) is 0.767. The first-order valence-electron chi connectivity index (χ1n) is 6.02. The summed E-state index contributed by atoms with van der Waals surface area (Å²) in [5.41, 5.74) is 6.62. The number of rotatable bonds is 6. The van der Waals surface area contributed by atoms with Gasteiger partial charge in [0.15, 0.2) is 0 Å². The van der Waals surface area contributed by atoms with Crippen molar-refractivity contribution in [2.24, 2.45) is 5.73 Å². The van der Waals surface area contributed by atoms with Crippen LogP contribution in [0.3, 0.4) is 0 Å². The van der Waals surface area contributed by atoms with E-state index in [0.29, 0.717) is 19.6 Å². The van der Waals surface area contributed by atoms with Crippen molar-refractivity contribution in [3.8, 4) is 0 Å². The molecular formula is C12H16N6O. The van der Waals surface area contributed by atoms with E-state index >= 15 is 0 Å². The Labute approximate surface area is 111 Å². The first-order chi connectivity index (χ1) is 9.29. The van der Waals surface area contributed by atoms with Gasteiger partial charge in [0.25, 0.3) is 0 Å². The highest BCUT2D eigenvalue weighted by Gasteiger charge is 2.14. The maximum absolute atomic E-state index is 12.2. The first kappa shape index (κ1) is 13.2. The van der Waals surface area contributed by atoms with Crippen LogP contribution in [0.15, 0.2) is 36.7 Å². The van der Waals surface area contributed by atoms with Gasteiger partial charge in [0.2, 0.25) is 5.91 Å². The molecule has 0 fully saturated rings. The molecule has 0 radical (unpaired) electrons. The lowest BCUT2D eigenvalue weighted by molar-refractivity contribution is -0.132. The van der Waals surface area contributed by atoms with Gasteiger partial charge in [-0.25, -0.2) is 4.68 Å². The third kappa shape index (κ3) is 3.85. The molecule has 0 aliphatic rings. The number of carbonyl (C=O) groups excluding carboxylic acids is 1. The fourth-order valence-corrected chi connectivity index (χ4v) is 1.74. The summed E-state index contributed by atoms with van der Waals surface area (Å²) in [7, 11) is 0. The third-order valence-electron chi connectivity index (χ3n) is 2.66. The molecule has 0 atom stereocenters. The van der Waals surface area contributed by atoms with E-state index < -0.39 is 0 Å². The number of nitrogens with zero attached hydrogens (tertiary/aromatic N) is 5. The number of tetrazole rings is 1. The average molecular weight is 260 g/mol. The number of benzene rings is 1. The Kier molecular flexibility index (Phi) is 4.57. The van der Waals surface area contributed by atoms with Crippen LogP contribution in [-0.2, 0) is 17.9 Å². The van der Waals surface area contributed by atoms with Crippen molar-refractivity contribution in [2.75, 3.05) is 13.1 Å². The average Bonchev–Trinajstić information content (AvgIpc) is 2.92. The highest BCUT2D eigenvalue weighted by molar-refractivity contribution is 5.75. The lowest BCUT2D eigenvalue weighted by Crippen LogP contribution is -2.37. The van der Waals surface area contributed by atoms with Gasteiger partial charge in [-0.2, -0.15) is 0 Å². The molecule has 2 rings (SSSR count). The molecule has 0 saturated heterocycles. The van der Waals surface area contributed by atoms with Crippen LogP contribution < -0.4 is 5.73 Å². The SMILES string of the molecule is NCCN(Cc1ccccc1)C(=O)Cn1cnnn1. The zero-order chi connectivity index (χ0) is 13.5. The minimum absolute atomic E-state index is 0.0541. The maximum Gasteiger partial charge on any atom is 0.244 e. The van der Waals surface area contributed by atoms with Crippen LogP contribution in [0.2, 0.25) is 0 Å². The number of carbonyl (C=O) groups is 1. The number of nitrogens with two attached hydrogens (primary N) is 1. The molecular weight excluding hydrogens is 244 g/mol. The summed E-state index contributed by atoms with van der Waals surface area (Å²) < 4.78 is 1.40. The predicted octanol–water partition coefficient (Wildman–Crippen LogP) is -0.339. The summed E-state index contributed by atoms with van der Waals surface area (Å²) in [4.78, 5) is 13.9. The van der Waals surface area contributed by atoms with E-state index in [2.05, 4.69) is 15.5 Å². The second kappa shape index (κ2) is 6.60. The van der Waals surface area contributed by atoms with Crippen LogP contribution in [0.1, 0.15) is 5.56 Å². The van der Waals surface area contributed by atoms with Gasteiger partial charge in [-0.3, -0.25) is 4.79 Å². The summed E-state index contributed by atoms with van der Waals surface area (Å²) in [6.45, 7) is 1.60. The normalized spacial score (nSPS) is 10.4. The Balaban J connectivity index is 2.00. The lowest BCUT2D eigenvalue weighted by atomic mass is 10.2. The monoisotopic (exact) mass is 260 g/mol. The summed E-state index contributed by atoms with van der Waals surface area (Å²) in [5.74, 6) is -0.0541. The highest BCUT2D eigenvalue weighted by Crippen LogP contribution is 2.05. The van der Waals surface area contributed by atoms with Crippen molar-refractivity contribution in [1.29, 1.82) is 0 Å². The van der Waals surface area contributed by atoms with Gasteiger partial charge in [-0.1, -0.05) is 30.3 Å². The second-order valence-electron chi connectivity index (χ2n) is 4.10. The minimum atomic E-state index is -0.0541. The maximum atomic E-state index is 12.2. The van der Waals surface area contributed by atoms with Crippen molar-refractivity contribution >= 4 is 5.91 Å². The molecule has 0 saturated carbocycles. The number of hydrogen-bond donors (Lipinski definition) is 1. The van der Waals surface area contributed by atoms with Crippen LogP contribution in [0.25, 0.3) is 0 Å². The van der Waals surface area contributed by atoms with Crippen molar-refractivity contribution < 1.29 is 4.79 Å². The summed E-state index contributed by atoms with van der Waals surface area (Å²) >= 11 is 0. The van der Waals surface area contributed by atoms with Crippen LogP contribution in [0.4, 0.5) is 0 Å². The second-order valence-corrected chi connectivity index (χ2v) is 4.10. The molecule has 0 spiro atoms. The molecule has 1 aromatic carbocycles. The van der Waals surface area contributed by atoms with Crippen LogP contribution >= 0.6 is 0 Å². The topological polar surface area (TPSA) is 89.9 Å². The first-order valence-corrected chi connectivity index (χ1v) is 6.02. The minimum Gasteiger partial charge on any atom is -0.335 e. The Hall–Kier alpha value is -2.28. The fraction of sp³-hybridized carbons (Fsp3) is 0.333. The van der Waals surface area contributed by atoms with Crippen LogP contribution in [0.5, 0.6) is 0 Å². The molecule has 0 bridgehead atoms. The van der Waals surface area contributed by atoms with Gasteiger partial charge in [-0.05, 0) is 16.0 Å². The number of amides is 1. The zero-order valence-corrected chi connectivity index (χ0v) is 10.5. The molecule has 7 nitrogen and oxygen atoms in total. The Morgan fingerprint density at radius 1 is 1.32 bits per heavy atom. The van der Waals surface area contributed by atoms with Gasteiger partial charge in [0.1, 0.15) is 12.9 Å². The molecule has 100 valence electrons. The zero-order valence-electron chi connectivity index (χ0n) is 10.5. The molecule has 0 unspecified atom stereocenters. The molecule has 2 aromatic rings. The number of hydrogen-bond acceptors (Lipinski definition) is 5. The van der Waals surface area contributed by atoms with Crippen molar-refractivity contribution in [1.82, 2.24) is 25.1 Å². The predicted molar refractivity (Wildman–Crippen MR) is 68.7 cm³/mol. The van der Waals surface area contributed by atoms with Gasteiger partial charge >= 0.3 is 0 Å². The van der Waals surface area contributed by atoms with Gasteiger partial charge in [0, 0.05) is 19.6 Å². The van der Waals surface area contributed by atoms with Crippen LogP contribution in [-0.4, -0.2) is 44.1 Å². The van der Waals surface area contributed by atoms with Gasteiger partial charge in [0.05, 0.1) is 0 Å². The number of aromatic nitrogens is 4. The van der Waals surface area contributed by atoms with E-state index in [0.717, 1.165) is 5.56 Å². The Morgan fingerprint density at radius 3 is 2.74 bits per heavy atom. The van der Waals surface area contributed by atoms with E-state index in [4.69, 9.17) is 5.73 Å². The van der Waals surface area contributed by atoms with Crippen LogP contribution in [0, 0.1) is 0 Å². The molecule has 0 aliphatic heterocycles. The largest absolute Gasteiger partial charge is 0.335 e. The van der Waals surface area contributed by atoms with Gasteiger partial charge < -0.3 is 10.6 Å². The summed E-state index contributed by atoms with van der Waals surface area (Å²) in [5, 5.41) is 10.7. The Bertz CT molecular complexity index is 498. The molecule has 7 heteroatoms. The molecule has 1 amide bonds. The van der Waals surface area contributed by atoms with Crippen molar-refractivity contribution in [2.45, 2.75) is 13.1 Å². The standard InChI is InChI=1S/C12H16N6O/c13-6-7-17(8-11-4-2-1-3-5-11)12(19)9-18-10-14-15-16-18/h1-5,10H,6-9,13H2. The van der Waals surface area contributed by atoms with E-state index in [1.807, 2.05) is 30.3 Å². The Morgan fingerprint density at radius 2 is 2.11 bits per heavy atom. The summed E-state index contributed by atoms with van der Waals surface area (Å²) in [6, 6.07) is 9.80. The van der Waals surface area contributed by atoms with E-state index in [1.165, 1.54) is 11.0 Å². The molecule has 1 aromatic heterocycles. The smallest absolute Gasteiger partial charge is 0.244 e. The van der Waals surface area contributed by atoms with E-state index in [-0.39, 0.29) is 12.5 Å². The van der Waals surface area contributed by atoms with Crippen molar-refractivity contribution in [3.05, 3.63) is 42.2 Å².